The van der Waals surface area contributed by atoms with Crippen LogP contribution in [0.5, 0.6) is 5.75 Å². The van der Waals surface area contributed by atoms with Gasteiger partial charge in [-0.25, -0.2) is 4.98 Å². The fourth-order valence-electron chi connectivity index (χ4n) is 2.91. The van der Waals surface area contributed by atoms with Crippen molar-refractivity contribution in [3.63, 3.8) is 0 Å². The van der Waals surface area contributed by atoms with Crippen LogP contribution in [0.1, 0.15) is 23.8 Å². The molecule has 0 bridgehead atoms. The Morgan fingerprint density at radius 2 is 2.04 bits per heavy atom. The lowest BCUT2D eigenvalue weighted by Crippen LogP contribution is -2.37. The number of anilines is 2. The van der Waals surface area contributed by atoms with Crippen molar-refractivity contribution in [2.24, 2.45) is 7.05 Å². The van der Waals surface area contributed by atoms with Crippen LogP contribution in [0.15, 0.2) is 21.8 Å². The van der Waals surface area contributed by atoms with Crippen molar-refractivity contribution in [3.05, 3.63) is 28.5 Å². The van der Waals surface area contributed by atoms with E-state index in [0.717, 1.165) is 0 Å². The van der Waals surface area contributed by atoms with E-state index in [9.17, 15) is 19.5 Å². The molecule has 1 aliphatic rings. The summed E-state index contributed by atoms with van der Waals surface area (Å²) in [5.74, 6) is -1.26. The summed E-state index contributed by atoms with van der Waals surface area (Å²) >= 11 is 0. The first-order valence-corrected chi connectivity index (χ1v) is 8.39. The first-order chi connectivity index (χ1) is 12.9. The smallest absolute Gasteiger partial charge is 0.297 e. The van der Waals surface area contributed by atoms with E-state index in [4.69, 9.17) is 0 Å². The van der Waals surface area contributed by atoms with Crippen LogP contribution in [0.3, 0.4) is 0 Å². The molecular formula is C16H20N6O5. The van der Waals surface area contributed by atoms with Gasteiger partial charge in [-0.05, 0) is 6.42 Å². The zero-order valence-corrected chi connectivity index (χ0v) is 15.0. The molecule has 2 N–H and O–H groups in total. The van der Waals surface area contributed by atoms with Gasteiger partial charge in [-0.15, -0.1) is 0 Å². The molecule has 1 fully saturated rings. The average molecular weight is 376 g/mol. The predicted molar refractivity (Wildman–Crippen MR) is 94.7 cm³/mol. The molecule has 0 spiro atoms. The maximum atomic E-state index is 12.4. The minimum atomic E-state index is -0.755. The normalized spacial score (nSPS) is 14.7. The standard InChI is InChI=1S/C16H20N6O5/c1-10(23)21-4-3-5-22(7-6-21)16-19-12(13(24)15(26)20(16)2)14(25)18-11-8-17-27-9-11/h8-9,24H,3-7H2,1-2H3,(H,18,25). The molecule has 2 aromatic heterocycles. The Balaban J connectivity index is 1.91. The van der Waals surface area contributed by atoms with Crippen LogP contribution in [0.25, 0.3) is 0 Å². The highest BCUT2D eigenvalue weighted by Gasteiger charge is 2.25. The molecule has 2 amide bonds. The van der Waals surface area contributed by atoms with Gasteiger partial charge in [0, 0.05) is 40.2 Å². The lowest BCUT2D eigenvalue weighted by atomic mass is 10.3. The number of carbonyl (C=O) groups is 2. The Morgan fingerprint density at radius 3 is 2.70 bits per heavy atom. The molecule has 27 heavy (non-hydrogen) atoms. The van der Waals surface area contributed by atoms with E-state index >= 15 is 0 Å². The first kappa shape index (κ1) is 18.4. The molecule has 0 saturated carbocycles. The predicted octanol–water partition coefficient (Wildman–Crippen LogP) is -0.215. The van der Waals surface area contributed by atoms with Crippen molar-refractivity contribution in [1.82, 2.24) is 19.6 Å². The van der Waals surface area contributed by atoms with E-state index in [1.165, 1.54) is 31.0 Å². The molecule has 3 heterocycles. The highest BCUT2D eigenvalue weighted by atomic mass is 16.5. The second-order valence-electron chi connectivity index (χ2n) is 6.19. The van der Waals surface area contributed by atoms with Gasteiger partial charge >= 0.3 is 0 Å². The van der Waals surface area contributed by atoms with Gasteiger partial charge in [-0.2, -0.15) is 0 Å². The van der Waals surface area contributed by atoms with Crippen LogP contribution < -0.4 is 15.8 Å². The van der Waals surface area contributed by atoms with E-state index in [1.807, 2.05) is 4.90 Å². The Labute approximate surface area is 154 Å². The number of hydrogen-bond acceptors (Lipinski definition) is 8. The summed E-state index contributed by atoms with van der Waals surface area (Å²) in [5.41, 5.74) is -0.847. The number of hydrogen-bond donors (Lipinski definition) is 2. The number of rotatable bonds is 3. The maximum Gasteiger partial charge on any atom is 0.297 e. The van der Waals surface area contributed by atoms with Gasteiger partial charge in [-0.1, -0.05) is 5.16 Å². The van der Waals surface area contributed by atoms with Crippen molar-refractivity contribution >= 4 is 23.5 Å². The van der Waals surface area contributed by atoms with Gasteiger partial charge in [-0.3, -0.25) is 19.0 Å². The molecule has 0 aromatic carbocycles. The summed E-state index contributed by atoms with van der Waals surface area (Å²) in [7, 11) is 1.47. The third-order valence-corrected chi connectivity index (χ3v) is 4.37. The molecule has 2 aromatic rings. The third kappa shape index (κ3) is 3.76. The number of aromatic hydroxyl groups is 1. The van der Waals surface area contributed by atoms with Gasteiger partial charge in [0.25, 0.3) is 11.5 Å². The zero-order chi connectivity index (χ0) is 19.6. The van der Waals surface area contributed by atoms with Gasteiger partial charge < -0.3 is 24.7 Å². The molecule has 0 radical (unpaired) electrons. The molecule has 0 unspecified atom stereocenters. The number of carbonyl (C=O) groups excluding carboxylic acids is 2. The molecular weight excluding hydrogens is 356 g/mol. The Bertz CT molecular complexity index is 907. The van der Waals surface area contributed by atoms with E-state index in [0.29, 0.717) is 32.6 Å². The van der Waals surface area contributed by atoms with E-state index in [-0.39, 0.29) is 23.2 Å². The third-order valence-electron chi connectivity index (χ3n) is 4.37. The van der Waals surface area contributed by atoms with Crippen molar-refractivity contribution in [3.8, 4) is 5.75 Å². The van der Waals surface area contributed by atoms with Crippen molar-refractivity contribution < 1.29 is 19.2 Å². The summed E-state index contributed by atoms with van der Waals surface area (Å²) in [4.78, 5) is 44.2. The van der Waals surface area contributed by atoms with Crippen LogP contribution in [0.4, 0.5) is 11.6 Å². The molecule has 1 saturated heterocycles. The van der Waals surface area contributed by atoms with Crippen LogP contribution in [-0.2, 0) is 11.8 Å². The molecule has 1 aliphatic heterocycles. The molecule has 11 nitrogen and oxygen atoms in total. The van der Waals surface area contributed by atoms with Gasteiger partial charge in [0.2, 0.25) is 17.6 Å². The fraction of sp³-hybridized carbons (Fsp3) is 0.438. The highest BCUT2D eigenvalue weighted by molar-refractivity contribution is 6.04. The van der Waals surface area contributed by atoms with Crippen LogP contribution in [-0.4, -0.2) is 62.7 Å². The first-order valence-electron chi connectivity index (χ1n) is 8.39. The van der Waals surface area contributed by atoms with E-state index in [1.54, 1.807) is 4.90 Å². The van der Waals surface area contributed by atoms with Crippen LogP contribution in [0, 0.1) is 0 Å². The minimum Gasteiger partial charge on any atom is -0.501 e. The number of amides is 2. The quantitative estimate of drug-likeness (QED) is 0.751. The Kier molecular flexibility index (Phi) is 5.10. The van der Waals surface area contributed by atoms with E-state index < -0.39 is 17.2 Å². The molecule has 3 rings (SSSR count). The van der Waals surface area contributed by atoms with Crippen LogP contribution >= 0.6 is 0 Å². The summed E-state index contributed by atoms with van der Waals surface area (Å²) in [6.45, 7) is 3.61. The summed E-state index contributed by atoms with van der Waals surface area (Å²) in [6.07, 6.45) is 3.18. The average Bonchev–Trinajstić information content (AvgIpc) is 3.01. The largest absolute Gasteiger partial charge is 0.501 e. The molecule has 0 aliphatic carbocycles. The van der Waals surface area contributed by atoms with Crippen LogP contribution in [0.2, 0.25) is 0 Å². The van der Waals surface area contributed by atoms with Crippen molar-refractivity contribution in [2.75, 3.05) is 36.4 Å². The zero-order valence-electron chi connectivity index (χ0n) is 15.0. The summed E-state index contributed by atoms with van der Waals surface area (Å²) < 4.78 is 5.82. The number of nitrogens with one attached hydrogen (secondary N) is 1. The van der Waals surface area contributed by atoms with Crippen molar-refractivity contribution in [2.45, 2.75) is 13.3 Å². The van der Waals surface area contributed by atoms with E-state index in [2.05, 4.69) is 20.0 Å². The van der Waals surface area contributed by atoms with Crippen molar-refractivity contribution in [1.29, 1.82) is 0 Å². The lowest BCUT2D eigenvalue weighted by Gasteiger charge is -2.24. The second kappa shape index (κ2) is 7.48. The molecule has 144 valence electrons. The lowest BCUT2D eigenvalue weighted by molar-refractivity contribution is -0.128. The maximum absolute atomic E-state index is 12.4. The Hall–Kier alpha value is -3.37. The SMILES string of the molecule is CC(=O)N1CCCN(c2nc(C(=O)Nc3cnoc3)c(O)c(=O)n2C)CC1. The molecule has 11 heteroatoms. The fourth-order valence-corrected chi connectivity index (χ4v) is 2.91. The molecule has 0 atom stereocenters. The monoisotopic (exact) mass is 376 g/mol. The highest BCUT2D eigenvalue weighted by Crippen LogP contribution is 2.18. The second-order valence-corrected chi connectivity index (χ2v) is 6.19. The summed E-state index contributed by atoms with van der Waals surface area (Å²) in [6, 6.07) is 0. The minimum absolute atomic E-state index is 0.0156. The number of nitrogens with zero attached hydrogens (tertiary/aromatic N) is 5. The van der Waals surface area contributed by atoms with Gasteiger partial charge in [0.1, 0.15) is 12.0 Å². The Morgan fingerprint density at radius 1 is 1.26 bits per heavy atom. The topological polar surface area (TPSA) is 134 Å². The van der Waals surface area contributed by atoms with Gasteiger partial charge in [0.15, 0.2) is 5.69 Å². The van der Waals surface area contributed by atoms with Gasteiger partial charge in [0.05, 0.1) is 6.20 Å². The summed E-state index contributed by atoms with van der Waals surface area (Å²) in [5, 5.41) is 16.0. The number of aromatic nitrogens is 3.